The number of fused-ring (bicyclic) bond motifs is 1. The summed E-state index contributed by atoms with van der Waals surface area (Å²) >= 11 is 0. The van der Waals surface area contributed by atoms with Crippen LogP contribution in [0.25, 0.3) is 0 Å². The number of carbonyl (C=O) groups excluding carboxylic acids is 3. The lowest BCUT2D eigenvalue weighted by molar-refractivity contribution is -0.122. The monoisotopic (exact) mass is 388 g/mol. The van der Waals surface area contributed by atoms with Crippen molar-refractivity contribution >= 4 is 29.1 Å². The zero-order valence-electron chi connectivity index (χ0n) is 16.9. The second-order valence-corrected chi connectivity index (χ2v) is 8.00. The molecule has 1 aliphatic heterocycles. The topological polar surface area (TPSA) is 66.5 Å². The van der Waals surface area contributed by atoms with E-state index >= 15 is 0 Å². The maximum atomic E-state index is 13.1. The molecule has 2 aromatic rings. The highest BCUT2D eigenvalue weighted by Gasteiger charge is 2.49. The molecule has 3 amide bonds. The van der Waals surface area contributed by atoms with Crippen LogP contribution in [-0.2, 0) is 9.59 Å². The van der Waals surface area contributed by atoms with Crippen LogP contribution in [0, 0.1) is 25.7 Å². The number of para-hydroxylation sites is 1. The third-order valence-corrected chi connectivity index (χ3v) is 5.84. The molecule has 0 spiro atoms. The molecule has 4 rings (SSSR count). The van der Waals surface area contributed by atoms with Gasteiger partial charge in [0.2, 0.25) is 11.8 Å². The quantitative estimate of drug-likeness (QED) is 0.626. The van der Waals surface area contributed by atoms with Crippen LogP contribution in [0.1, 0.15) is 41.3 Å². The summed E-state index contributed by atoms with van der Waals surface area (Å²) in [5.41, 5.74) is 4.59. The normalized spacial score (nSPS) is 21.1. The van der Waals surface area contributed by atoms with E-state index in [0.717, 1.165) is 16.7 Å². The van der Waals surface area contributed by atoms with E-state index in [0.29, 0.717) is 29.8 Å². The molecule has 29 heavy (non-hydrogen) atoms. The molecule has 2 aromatic carbocycles. The molecule has 0 aromatic heterocycles. The predicted octanol–water partition coefficient (Wildman–Crippen LogP) is 4.40. The molecule has 0 saturated carbocycles. The summed E-state index contributed by atoms with van der Waals surface area (Å²) in [4.78, 5) is 40.4. The van der Waals surface area contributed by atoms with Crippen LogP contribution in [0.2, 0.25) is 0 Å². The molecule has 148 valence electrons. The molecular formula is C24H24N2O3. The first-order chi connectivity index (χ1) is 13.9. The first kappa shape index (κ1) is 19.1. The molecule has 1 fully saturated rings. The number of imide groups is 1. The molecular weight excluding hydrogens is 364 g/mol. The maximum absolute atomic E-state index is 13.1. The van der Waals surface area contributed by atoms with Gasteiger partial charge in [-0.2, -0.15) is 0 Å². The summed E-state index contributed by atoms with van der Waals surface area (Å²) in [6.07, 6.45) is 3.21. The van der Waals surface area contributed by atoms with E-state index in [1.807, 2.05) is 45.0 Å². The molecule has 1 N–H and O–H groups in total. The number of nitrogens with one attached hydrogen (secondary N) is 1. The van der Waals surface area contributed by atoms with Crippen LogP contribution >= 0.6 is 0 Å². The van der Waals surface area contributed by atoms with E-state index in [9.17, 15) is 14.4 Å². The largest absolute Gasteiger partial charge is 0.322 e. The van der Waals surface area contributed by atoms with E-state index < -0.39 is 0 Å². The van der Waals surface area contributed by atoms with Gasteiger partial charge in [-0.25, -0.2) is 4.90 Å². The first-order valence-corrected chi connectivity index (χ1v) is 9.88. The summed E-state index contributed by atoms with van der Waals surface area (Å²) in [5, 5.41) is 2.92. The fraction of sp³-hybridized carbons (Fsp3) is 0.292. The minimum atomic E-state index is -0.336. The van der Waals surface area contributed by atoms with Gasteiger partial charge in [-0.05, 0) is 57.4 Å². The van der Waals surface area contributed by atoms with Crippen molar-refractivity contribution in [2.45, 2.75) is 33.6 Å². The van der Waals surface area contributed by atoms with Crippen molar-refractivity contribution in [3.05, 3.63) is 70.8 Å². The molecule has 1 aliphatic carbocycles. The molecule has 2 aliphatic rings. The number of allylic oxidation sites excluding steroid dienone is 2. The smallest absolute Gasteiger partial charge is 0.257 e. The Morgan fingerprint density at radius 2 is 1.72 bits per heavy atom. The Balaban J connectivity index is 1.66. The molecule has 2 atom stereocenters. The van der Waals surface area contributed by atoms with Gasteiger partial charge in [0.1, 0.15) is 0 Å². The van der Waals surface area contributed by atoms with Gasteiger partial charge >= 0.3 is 0 Å². The third-order valence-electron chi connectivity index (χ3n) is 5.84. The summed E-state index contributed by atoms with van der Waals surface area (Å²) in [5.74, 6) is -1.42. The number of aryl methyl sites for hydroxylation is 2. The van der Waals surface area contributed by atoms with Crippen LogP contribution in [0.3, 0.4) is 0 Å². The fourth-order valence-corrected chi connectivity index (χ4v) is 4.28. The lowest BCUT2D eigenvalue weighted by Gasteiger charge is -2.19. The van der Waals surface area contributed by atoms with E-state index in [1.165, 1.54) is 4.90 Å². The summed E-state index contributed by atoms with van der Waals surface area (Å²) in [7, 11) is 0. The molecule has 1 heterocycles. The van der Waals surface area contributed by atoms with Crippen molar-refractivity contribution in [2.24, 2.45) is 11.8 Å². The zero-order valence-corrected chi connectivity index (χ0v) is 16.9. The minimum absolute atomic E-state index is 0.209. The van der Waals surface area contributed by atoms with Gasteiger partial charge in [-0.1, -0.05) is 41.5 Å². The number of carbonyl (C=O) groups is 3. The third kappa shape index (κ3) is 3.37. The number of rotatable bonds is 3. The van der Waals surface area contributed by atoms with Crippen molar-refractivity contribution in [1.29, 1.82) is 0 Å². The second-order valence-electron chi connectivity index (χ2n) is 8.00. The van der Waals surface area contributed by atoms with Gasteiger partial charge in [0, 0.05) is 5.69 Å². The standard InChI is InChI=1S/C24H24N2O3/c1-14-9-11-20(16(3)12-14)25-22(27)18-6-4-5-7-21(18)26-23(28)17-10-8-15(2)13-19(17)24(26)29/h4-9,11-12,17,19H,10,13H2,1-3H3,(H,25,27)/t17-,19-/m0/s1. The SMILES string of the molecule is CC1=CC[C@@H]2C(=O)N(c3ccccc3C(=O)Nc3ccc(C)cc3C)C(=O)[C@H]2C1. The summed E-state index contributed by atoms with van der Waals surface area (Å²) < 4.78 is 0. The van der Waals surface area contributed by atoms with E-state index in [-0.39, 0.29) is 29.6 Å². The van der Waals surface area contributed by atoms with Gasteiger partial charge in [0.05, 0.1) is 23.1 Å². The average Bonchev–Trinajstić information content (AvgIpc) is 2.94. The van der Waals surface area contributed by atoms with Crippen molar-refractivity contribution in [1.82, 2.24) is 0 Å². The Morgan fingerprint density at radius 1 is 1.00 bits per heavy atom. The van der Waals surface area contributed by atoms with Crippen molar-refractivity contribution in [2.75, 3.05) is 10.2 Å². The number of nitrogens with zero attached hydrogens (tertiary/aromatic N) is 1. The summed E-state index contributed by atoms with van der Waals surface area (Å²) in [6.45, 7) is 5.92. The Kier molecular flexibility index (Phi) is 4.82. The van der Waals surface area contributed by atoms with Crippen molar-refractivity contribution in [3.63, 3.8) is 0 Å². The molecule has 5 nitrogen and oxygen atoms in total. The van der Waals surface area contributed by atoms with Gasteiger partial charge in [0.25, 0.3) is 5.91 Å². The van der Waals surface area contributed by atoms with Gasteiger partial charge in [-0.15, -0.1) is 0 Å². The zero-order chi connectivity index (χ0) is 20.7. The Labute approximate surface area is 170 Å². The fourth-order valence-electron chi connectivity index (χ4n) is 4.28. The van der Waals surface area contributed by atoms with E-state index in [1.54, 1.807) is 24.3 Å². The predicted molar refractivity (Wildman–Crippen MR) is 113 cm³/mol. The Bertz CT molecular complexity index is 1050. The average molecular weight is 388 g/mol. The minimum Gasteiger partial charge on any atom is -0.322 e. The Hall–Kier alpha value is -3.21. The van der Waals surface area contributed by atoms with Crippen LogP contribution in [-0.4, -0.2) is 17.7 Å². The van der Waals surface area contributed by atoms with Crippen LogP contribution in [0.5, 0.6) is 0 Å². The molecule has 0 radical (unpaired) electrons. The van der Waals surface area contributed by atoms with Crippen LogP contribution in [0.4, 0.5) is 11.4 Å². The van der Waals surface area contributed by atoms with Crippen LogP contribution in [0.15, 0.2) is 54.1 Å². The highest BCUT2D eigenvalue weighted by atomic mass is 16.2. The highest BCUT2D eigenvalue weighted by Crippen LogP contribution is 2.40. The number of hydrogen-bond donors (Lipinski definition) is 1. The molecule has 0 unspecified atom stereocenters. The number of hydrogen-bond acceptors (Lipinski definition) is 3. The first-order valence-electron chi connectivity index (χ1n) is 9.88. The van der Waals surface area contributed by atoms with E-state index in [2.05, 4.69) is 5.32 Å². The molecule has 1 saturated heterocycles. The van der Waals surface area contributed by atoms with Crippen LogP contribution < -0.4 is 10.2 Å². The molecule has 5 heteroatoms. The molecule has 0 bridgehead atoms. The van der Waals surface area contributed by atoms with Gasteiger partial charge in [0.15, 0.2) is 0 Å². The lowest BCUT2D eigenvalue weighted by Crippen LogP contribution is -2.33. The van der Waals surface area contributed by atoms with Crippen molar-refractivity contribution in [3.8, 4) is 0 Å². The number of anilines is 2. The maximum Gasteiger partial charge on any atom is 0.257 e. The highest BCUT2D eigenvalue weighted by molar-refractivity contribution is 6.25. The Morgan fingerprint density at radius 3 is 2.48 bits per heavy atom. The van der Waals surface area contributed by atoms with Gasteiger partial charge in [-0.3, -0.25) is 14.4 Å². The summed E-state index contributed by atoms with van der Waals surface area (Å²) in [6, 6.07) is 12.6. The van der Waals surface area contributed by atoms with E-state index in [4.69, 9.17) is 0 Å². The number of amides is 3. The second kappa shape index (κ2) is 7.32. The number of benzene rings is 2. The van der Waals surface area contributed by atoms with Gasteiger partial charge < -0.3 is 5.32 Å². The lowest BCUT2D eigenvalue weighted by atomic mass is 9.82. The van der Waals surface area contributed by atoms with Crippen molar-refractivity contribution < 1.29 is 14.4 Å².